The quantitative estimate of drug-likeness (QED) is 0.786. The molecule has 2 N–H and O–H groups in total. The van der Waals surface area contributed by atoms with E-state index in [1.165, 1.54) is 13.1 Å². The molecule has 0 saturated carbocycles. The maximum atomic E-state index is 12.0. The lowest BCUT2D eigenvalue weighted by atomic mass is 10.1. The van der Waals surface area contributed by atoms with Gasteiger partial charge in [0.25, 0.3) is 5.91 Å². The molecule has 0 aliphatic rings. The first-order chi connectivity index (χ1) is 9.33. The number of benzene rings is 1. The zero-order chi connectivity index (χ0) is 15.3. The van der Waals surface area contributed by atoms with Gasteiger partial charge in [0, 0.05) is 12.1 Å². The number of sulfonamides is 1. The van der Waals surface area contributed by atoms with Crippen LogP contribution in [-0.2, 0) is 10.0 Å². The first kappa shape index (κ1) is 16.7. The molecule has 0 unspecified atom stereocenters. The number of carbonyl (C=O) groups excluding carboxylic acids is 1. The molecule has 0 radical (unpaired) electrons. The highest BCUT2D eigenvalue weighted by molar-refractivity contribution is 7.89. The lowest BCUT2D eigenvalue weighted by Gasteiger charge is -2.12. The van der Waals surface area contributed by atoms with Crippen LogP contribution in [0.5, 0.6) is 0 Å². The zero-order valence-corrected chi connectivity index (χ0v) is 13.2. The zero-order valence-electron chi connectivity index (χ0n) is 12.4. The minimum absolute atomic E-state index is 0.153. The second kappa shape index (κ2) is 6.85. The minimum Gasteiger partial charge on any atom is -0.352 e. The molecule has 0 heterocycles. The molecule has 6 heteroatoms. The fourth-order valence-electron chi connectivity index (χ4n) is 1.83. The second-order valence-corrected chi connectivity index (χ2v) is 6.59. The third kappa shape index (κ3) is 3.80. The first-order valence-corrected chi connectivity index (χ1v) is 8.14. The van der Waals surface area contributed by atoms with Crippen molar-refractivity contribution in [3.63, 3.8) is 0 Å². The van der Waals surface area contributed by atoms with Crippen molar-refractivity contribution in [1.29, 1.82) is 0 Å². The molecule has 0 saturated heterocycles. The van der Waals surface area contributed by atoms with Crippen LogP contribution in [0.1, 0.15) is 41.3 Å². The van der Waals surface area contributed by atoms with E-state index in [0.717, 1.165) is 18.4 Å². The Labute approximate surface area is 120 Å². The number of hydrogen-bond donors (Lipinski definition) is 2. The molecule has 0 aromatic heterocycles. The molecule has 1 aromatic carbocycles. The lowest BCUT2D eigenvalue weighted by Crippen LogP contribution is -2.26. The van der Waals surface area contributed by atoms with Gasteiger partial charge in [-0.1, -0.05) is 13.3 Å². The SMILES string of the molecule is CCCCNC(=O)c1cc(C)c(C)c(S(=O)(=O)NC)c1. The van der Waals surface area contributed by atoms with Crippen molar-refractivity contribution in [2.24, 2.45) is 0 Å². The molecule has 0 aliphatic carbocycles. The third-order valence-electron chi connectivity index (χ3n) is 3.26. The third-order valence-corrected chi connectivity index (χ3v) is 4.80. The second-order valence-electron chi connectivity index (χ2n) is 4.73. The predicted octanol–water partition coefficient (Wildman–Crippen LogP) is 1.74. The Morgan fingerprint density at radius 1 is 1.25 bits per heavy atom. The monoisotopic (exact) mass is 298 g/mol. The first-order valence-electron chi connectivity index (χ1n) is 6.66. The van der Waals surface area contributed by atoms with Gasteiger partial charge < -0.3 is 5.32 Å². The van der Waals surface area contributed by atoms with Crippen LogP contribution in [0.4, 0.5) is 0 Å². The van der Waals surface area contributed by atoms with E-state index in [1.54, 1.807) is 19.9 Å². The highest BCUT2D eigenvalue weighted by Gasteiger charge is 2.19. The highest BCUT2D eigenvalue weighted by Crippen LogP contribution is 2.20. The molecule has 1 aromatic rings. The van der Waals surface area contributed by atoms with Gasteiger partial charge in [0.1, 0.15) is 0 Å². The van der Waals surface area contributed by atoms with Gasteiger partial charge in [-0.3, -0.25) is 4.79 Å². The Bertz CT molecular complexity index is 595. The summed E-state index contributed by atoms with van der Waals surface area (Å²) in [4.78, 5) is 12.2. The van der Waals surface area contributed by atoms with Gasteiger partial charge >= 0.3 is 0 Å². The summed E-state index contributed by atoms with van der Waals surface area (Å²) < 4.78 is 26.2. The van der Waals surface area contributed by atoms with Gasteiger partial charge in [0.05, 0.1) is 4.90 Å². The number of nitrogens with one attached hydrogen (secondary N) is 2. The standard InChI is InChI=1S/C14H22N2O3S/c1-5-6-7-16-14(17)12-8-10(2)11(3)13(9-12)20(18,19)15-4/h8-9,15H,5-7H2,1-4H3,(H,16,17). The van der Waals surface area contributed by atoms with Crippen molar-refractivity contribution < 1.29 is 13.2 Å². The number of carbonyl (C=O) groups is 1. The van der Waals surface area contributed by atoms with Gasteiger partial charge in [-0.2, -0.15) is 0 Å². The maximum Gasteiger partial charge on any atom is 0.251 e. The minimum atomic E-state index is -3.56. The summed E-state index contributed by atoms with van der Waals surface area (Å²) in [5, 5.41) is 2.79. The fourth-order valence-corrected chi connectivity index (χ4v) is 2.89. The van der Waals surface area contributed by atoms with E-state index in [4.69, 9.17) is 0 Å². The molecule has 0 fully saturated rings. The van der Waals surface area contributed by atoms with Gasteiger partial charge in [-0.25, -0.2) is 13.1 Å². The maximum absolute atomic E-state index is 12.0. The number of rotatable bonds is 6. The van der Waals surface area contributed by atoms with Crippen LogP contribution < -0.4 is 10.0 Å². The summed E-state index contributed by atoms with van der Waals surface area (Å²) in [5.41, 5.74) is 1.81. The summed E-state index contributed by atoms with van der Waals surface area (Å²) in [6.45, 7) is 6.17. The van der Waals surface area contributed by atoms with Crippen LogP contribution in [-0.4, -0.2) is 27.9 Å². The van der Waals surface area contributed by atoms with Crippen LogP contribution in [0.3, 0.4) is 0 Å². The number of unbranched alkanes of at least 4 members (excludes halogenated alkanes) is 1. The van der Waals surface area contributed by atoms with E-state index in [2.05, 4.69) is 10.0 Å². The normalized spacial score (nSPS) is 11.4. The number of hydrogen-bond acceptors (Lipinski definition) is 3. The highest BCUT2D eigenvalue weighted by atomic mass is 32.2. The molecule has 5 nitrogen and oxygen atoms in total. The van der Waals surface area contributed by atoms with E-state index in [0.29, 0.717) is 17.7 Å². The van der Waals surface area contributed by atoms with Crippen LogP contribution in [0.2, 0.25) is 0 Å². The average Bonchev–Trinajstić information content (AvgIpc) is 2.41. The fraction of sp³-hybridized carbons (Fsp3) is 0.500. The average molecular weight is 298 g/mol. The van der Waals surface area contributed by atoms with E-state index in [-0.39, 0.29) is 10.8 Å². The molecule has 0 spiro atoms. The topological polar surface area (TPSA) is 75.3 Å². The van der Waals surface area contributed by atoms with E-state index in [9.17, 15) is 13.2 Å². The summed E-state index contributed by atoms with van der Waals surface area (Å²) in [5.74, 6) is -0.242. The Morgan fingerprint density at radius 2 is 1.90 bits per heavy atom. The van der Waals surface area contributed by atoms with Crippen molar-refractivity contribution in [3.05, 3.63) is 28.8 Å². The summed E-state index contributed by atoms with van der Waals surface area (Å²) >= 11 is 0. The van der Waals surface area contributed by atoms with Gasteiger partial charge in [0.2, 0.25) is 10.0 Å². The molecule has 1 amide bonds. The Kier molecular flexibility index (Phi) is 5.71. The molecule has 20 heavy (non-hydrogen) atoms. The van der Waals surface area contributed by atoms with Crippen molar-refractivity contribution in [2.75, 3.05) is 13.6 Å². The van der Waals surface area contributed by atoms with Crippen molar-refractivity contribution in [3.8, 4) is 0 Å². The smallest absolute Gasteiger partial charge is 0.251 e. The summed E-state index contributed by atoms with van der Waals surface area (Å²) in [6, 6.07) is 3.14. The molecular formula is C14H22N2O3S. The number of aryl methyl sites for hydroxylation is 1. The Hall–Kier alpha value is -1.40. The van der Waals surface area contributed by atoms with Gasteiger partial charge in [-0.05, 0) is 50.6 Å². The molecule has 112 valence electrons. The van der Waals surface area contributed by atoms with E-state index >= 15 is 0 Å². The molecule has 0 bridgehead atoms. The van der Waals surface area contributed by atoms with E-state index < -0.39 is 10.0 Å². The summed E-state index contributed by atoms with van der Waals surface area (Å²) in [7, 11) is -2.20. The van der Waals surface area contributed by atoms with Crippen LogP contribution in [0, 0.1) is 13.8 Å². The Balaban J connectivity index is 3.15. The molecular weight excluding hydrogens is 276 g/mol. The number of amides is 1. The largest absolute Gasteiger partial charge is 0.352 e. The predicted molar refractivity (Wildman–Crippen MR) is 79.4 cm³/mol. The van der Waals surface area contributed by atoms with Crippen LogP contribution in [0.25, 0.3) is 0 Å². The van der Waals surface area contributed by atoms with Gasteiger partial charge in [-0.15, -0.1) is 0 Å². The lowest BCUT2D eigenvalue weighted by molar-refractivity contribution is 0.0953. The molecule has 0 aliphatic heterocycles. The van der Waals surface area contributed by atoms with Crippen molar-refractivity contribution in [1.82, 2.24) is 10.0 Å². The van der Waals surface area contributed by atoms with Crippen molar-refractivity contribution in [2.45, 2.75) is 38.5 Å². The van der Waals surface area contributed by atoms with Crippen molar-refractivity contribution >= 4 is 15.9 Å². The molecule has 0 atom stereocenters. The van der Waals surface area contributed by atoms with Crippen LogP contribution >= 0.6 is 0 Å². The van der Waals surface area contributed by atoms with E-state index in [1.807, 2.05) is 6.92 Å². The molecule has 1 rings (SSSR count). The Morgan fingerprint density at radius 3 is 2.45 bits per heavy atom. The van der Waals surface area contributed by atoms with Crippen LogP contribution in [0.15, 0.2) is 17.0 Å². The van der Waals surface area contributed by atoms with Gasteiger partial charge in [0.15, 0.2) is 0 Å². The summed E-state index contributed by atoms with van der Waals surface area (Å²) in [6.07, 6.45) is 1.89.